The molecular formula is C8H9FO2S. The van der Waals surface area contributed by atoms with Crippen molar-refractivity contribution >= 4 is 9.84 Å². The average molecular weight is 188 g/mol. The van der Waals surface area contributed by atoms with Gasteiger partial charge in [0.25, 0.3) is 0 Å². The molecule has 1 aromatic rings. The molecule has 0 heterocycles. The van der Waals surface area contributed by atoms with E-state index < -0.39 is 15.3 Å². The zero-order valence-electron chi connectivity index (χ0n) is 6.57. The maximum Gasteiger partial charge on any atom is 0.225 e. The SMILES string of the molecule is CS(=O)(=O)C(F)c1ccccc1. The van der Waals surface area contributed by atoms with Crippen LogP contribution in [-0.4, -0.2) is 14.7 Å². The van der Waals surface area contributed by atoms with E-state index >= 15 is 0 Å². The van der Waals surface area contributed by atoms with Crippen molar-refractivity contribution in [3.63, 3.8) is 0 Å². The quantitative estimate of drug-likeness (QED) is 0.707. The number of sulfone groups is 1. The van der Waals surface area contributed by atoms with Crippen LogP contribution in [0.5, 0.6) is 0 Å². The van der Waals surface area contributed by atoms with E-state index in [1.54, 1.807) is 18.2 Å². The maximum atomic E-state index is 13.1. The molecule has 0 aliphatic carbocycles. The summed E-state index contributed by atoms with van der Waals surface area (Å²) in [6.45, 7) is 0. The normalized spacial score (nSPS) is 14.2. The molecular weight excluding hydrogens is 179 g/mol. The summed E-state index contributed by atoms with van der Waals surface area (Å²) in [5, 5.41) is 0. The molecule has 0 radical (unpaired) electrons. The first-order valence-corrected chi connectivity index (χ1v) is 5.35. The van der Waals surface area contributed by atoms with Gasteiger partial charge in [0.1, 0.15) is 0 Å². The summed E-state index contributed by atoms with van der Waals surface area (Å²) in [6, 6.07) is 7.82. The molecule has 0 N–H and O–H groups in total. The van der Waals surface area contributed by atoms with Crippen LogP contribution in [0.3, 0.4) is 0 Å². The lowest BCUT2D eigenvalue weighted by Crippen LogP contribution is -2.05. The van der Waals surface area contributed by atoms with Crippen molar-refractivity contribution in [1.82, 2.24) is 0 Å². The number of alkyl halides is 1. The van der Waals surface area contributed by atoms with Gasteiger partial charge in [-0.1, -0.05) is 30.3 Å². The van der Waals surface area contributed by atoms with Gasteiger partial charge in [0, 0.05) is 11.8 Å². The van der Waals surface area contributed by atoms with Crippen molar-refractivity contribution in [3.8, 4) is 0 Å². The summed E-state index contributed by atoms with van der Waals surface area (Å²) in [6.07, 6.45) is 0.880. The van der Waals surface area contributed by atoms with E-state index in [4.69, 9.17) is 0 Å². The van der Waals surface area contributed by atoms with E-state index in [2.05, 4.69) is 0 Å². The van der Waals surface area contributed by atoms with Gasteiger partial charge < -0.3 is 0 Å². The van der Waals surface area contributed by atoms with Gasteiger partial charge >= 0.3 is 0 Å². The largest absolute Gasteiger partial charge is 0.226 e. The lowest BCUT2D eigenvalue weighted by Gasteiger charge is -2.04. The molecule has 0 fully saturated rings. The van der Waals surface area contributed by atoms with Gasteiger partial charge in [-0.3, -0.25) is 0 Å². The molecule has 66 valence electrons. The first-order chi connectivity index (χ1) is 5.52. The molecule has 12 heavy (non-hydrogen) atoms. The van der Waals surface area contributed by atoms with Crippen LogP contribution in [0.1, 0.15) is 11.1 Å². The molecule has 1 atom stereocenters. The molecule has 1 unspecified atom stereocenters. The third-order valence-electron chi connectivity index (χ3n) is 1.44. The van der Waals surface area contributed by atoms with Crippen molar-refractivity contribution in [2.45, 2.75) is 5.50 Å². The van der Waals surface area contributed by atoms with Gasteiger partial charge in [-0.05, 0) is 0 Å². The molecule has 1 aromatic carbocycles. The fourth-order valence-corrected chi connectivity index (χ4v) is 1.50. The molecule has 0 bridgehead atoms. The van der Waals surface area contributed by atoms with E-state index in [0.717, 1.165) is 6.26 Å². The molecule has 0 saturated carbocycles. The Bertz CT molecular complexity index is 345. The predicted molar refractivity (Wildman–Crippen MR) is 45.1 cm³/mol. The van der Waals surface area contributed by atoms with Crippen molar-refractivity contribution in [1.29, 1.82) is 0 Å². The second kappa shape index (κ2) is 3.23. The molecule has 0 aliphatic rings. The van der Waals surface area contributed by atoms with Gasteiger partial charge in [-0.25, -0.2) is 12.8 Å². The molecule has 2 nitrogen and oxygen atoms in total. The molecule has 1 rings (SSSR count). The van der Waals surface area contributed by atoms with Crippen LogP contribution < -0.4 is 0 Å². The predicted octanol–water partition coefficient (Wildman–Crippen LogP) is 1.70. The Morgan fingerprint density at radius 1 is 1.25 bits per heavy atom. The number of rotatable bonds is 2. The van der Waals surface area contributed by atoms with Crippen molar-refractivity contribution in [2.24, 2.45) is 0 Å². The van der Waals surface area contributed by atoms with E-state index in [9.17, 15) is 12.8 Å². The van der Waals surface area contributed by atoms with Gasteiger partial charge in [0.2, 0.25) is 5.50 Å². The second-order valence-electron chi connectivity index (χ2n) is 2.56. The van der Waals surface area contributed by atoms with Crippen LogP contribution in [0.4, 0.5) is 4.39 Å². The Labute approximate surface area is 71.0 Å². The minimum absolute atomic E-state index is 0.181. The van der Waals surface area contributed by atoms with Crippen LogP contribution in [0.25, 0.3) is 0 Å². The highest BCUT2D eigenvalue weighted by molar-refractivity contribution is 7.90. The smallest absolute Gasteiger partial charge is 0.225 e. The zero-order valence-corrected chi connectivity index (χ0v) is 7.38. The molecule has 0 spiro atoms. The van der Waals surface area contributed by atoms with Crippen LogP contribution in [0.2, 0.25) is 0 Å². The van der Waals surface area contributed by atoms with Gasteiger partial charge in [0.15, 0.2) is 9.84 Å². The fourth-order valence-electron chi connectivity index (χ4n) is 0.852. The second-order valence-corrected chi connectivity index (χ2v) is 4.63. The average Bonchev–Trinajstić information content (AvgIpc) is 2.03. The number of benzene rings is 1. The van der Waals surface area contributed by atoms with E-state index in [0.29, 0.717) is 0 Å². The summed E-state index contributed by atoms with van der Waals surface area (Å²) in [7, 11) is -3.62. The van der Waals surface area contributed by atoms with Gasteiger partial charge in [-0.2, -0.15) is 0 Å². The summed E-state index contributed by atoms with van der Waals surface area (Å²) in [4.78, 5) is 0. The van der Waals surface area contributed by atoms with Gasteiger partial charge in [0.05, 0.1) is 0 Å². The minimum atomic E-state index is -3.62. The van der Waals surface area contributed by atoms with Crippen LogP contribution in [-0.2, 0) is 9.84 Å². The lowest BCUT2D eigenvalue weighted by atomic mass is 10.2. The topological polar surface area (TPSA) is 34.1 Å². The van der Waals surface area contributed by atoms with Crippen LogP contribution >= 0.6 is 0 Å². The summed E-state index contributed by atoms with van der Waals surface area (Å²) in [5.74, 6) is 0. The number of hydrogen-bond donors (Lipinski definition) is 0. The monoisotopic (exact) mass is 188 g/mol. The van der Waals surface area contributed by atoms with E-state index in [1.807, 2.05) is 0 Å². The molecule has 0 saturated heterocycles. The molecule has 0 aromatic heterocycles. The standard InChI is InChI=1S/C8H9FO2S/c1-12(10,11)8(9)7-5-3-2-4-6-7/h2-6,8H,1H3. The Hall–Kier alpha value is -0.900. The maximum absolute atomic E-state index is 13.1. The lowest BCUT2D eigenvalue weighted by molar-refractivity contribution is 0.433. The fraction of sp³-hybridized carbons (Fsp3) is 0.250. The van der Waals surface area contributed by atoms with E-state index in [-0.39, 0.29) is 5.56 Å². The number of hydrogen-bond acceptors (Lipinski definition) is 2. The minimum Gasteiger partial charge on any atom is -0.226 e. The van der Waals surface area contributed by atoms with Crippen LogP contribution in [0, 0.1) is 0 Å². The first-order valence-electron chi connectivity index (χ1n) is 3.39. The third-order valence-corrected chi connectivity index (χ3v) is 2.46. The van der Waals surface area contributed by atoms with Gasteiger partial charge in [-0.15, -0.1) is 0 Å². The highest BCUT2D eigenvalue weighted by Gasteiger charge is 2.20. The third kappa shape index (κ3) is 2.04. The van der Waals surface area contributed by atoms with E-state index in [1.165, 1.54) is 12.1 Å². The summed E-state index contributed by atoms with van der Waals surface area (Å²) >= 11 is 0. The zero-order chi connectivity index (χ0) is 9.19. The Balaban J connectivity index is 3.02. The molecule has 4 heteroatoms. The van der Waals surface area contributed by atoms with Crippen molar-refractivity contribution in [2.75, 3.05) is 6.26 Å². The highest BCUT2D eigenvalue weighted by atomic mass is 32.2. The number of halogens is 1. The molecule has 0 amide bonds. The summed E-state index contributed by atoms with van der Waals surface area (Å²) in [5.41, 5.74) is -1.72. The first kappa shape index (κ1) is 9.19. The van der Waals surface area contributed by atoms with Crippen LogP contribution in [0.15, 0.2) is 30.3 Å². The Morgan fingerprint density at radius 3 is 2.17 bits per heavy atom. The molecule has 0 aliphatic heterocycles. The van der Waals surface area contributed by atoms with Crippen molar-refractivity contribution in [3.05, 3.63) is 35.9 Å². The highest BCUT2D eigenvalue weighted by Crippen LogP contribution is 2.21. The van der Waals surface area contributed by atoms with Crippen molar-refractivity contribution < 1.29 is 12.8 Å². The Morgan fingerprint density at radius 2 is 1.75 bits per heavy atom. The Kier molecular flexibility index (Phi) is 2.47. The summed E-state index contributed by atoms with van der Waals surface area (Å²) < 4.78 is 34.6.